The van der Waals surface area contributed by atoms with Crippen LogP contribution in [0, 0.1) is 11.8 Å². The molecule has 2 nitrogen and oxygen atoms in total. The summed E-state index contributed by atoms with van der Waals surface area (Å²) >= 11 is 0. The number of rotatable bonds is 3. The van der Waals surface area contributed by atoms with Crippen molar-refractivity contribution in [3.05, 3.63) is 47.5 Å². The van der Waals surface area contributed by atoms with Crippen molar-refractivity contribution in [3.8, 4) is 11.8 Å². The SMILES string of the molecule is C/C(=C\CO)CN=CC#Cc1ccccc1. The van der Waals surface area contributed by atoms with E-state index in [1.807, 2.05) is 37.3 Å². The van der Waals surface area contributed by atoms with Crippen LogP contribution in [0.15, 0.2) is 47.0 Å². The lowest BCUT2D eigenvalue weighted by Gasteiger charge is -1.91. The molecule has 0 heterocycles. The van der Waals surface area contributed by atoms with Crippen LogP contribution in [-0.4, -0.2) is 24.5 Å². The zero-order chi connectivity index (χ0) is 11.6. The number of aliphatic hydroxyl groups excluding tert-OH is 1. The Balaban J connectivity index is 2.43. The Kier molecular flexibility index (Phi) is 5.68. The van der Waals surface area contributed by atoms with Crippen LogP contribution >= 0.6 is 0 Å². The number of hydrogen-bond donors (Lipinski definition) is 1. The van der Waals surface area contributed by atoms with Crippen LogP contribution < -0.4 is 0 Å². The van der Waals surface area contributed by atoms with E-state index in [0.717, 1.165) is 11.1 Å². The van der Waals surface area contributed by atoms with Crippen molar-refractivity contribution >= 4 is 6.21 Å². The van der Waals surface area contributed by atoms with E-state index in [0.29, 0.717) is 6.54 Å². The first-order valence-corrected chi connectivity index (χ1v) is 5.14. The maximum Gasteiger partial charge on any atom is 0.0718 e. The maximum absolute atomic E-state index is 8.63. The molecule has 0 fully saturated rings. The number of aliphatic imine (C=N–C) groups is 1. The number of hydrogen-bond acceptors (Lipinski definition) is 2. The average molecular weight is 213 g/mol. The van der Waals surface area contributed by atoms with Crippen LogP contribution in [0.2, 0.25) is 0 Å². The van der Waals surface area contributed by atoms with Gasteiger partial charge >= 0.3 is 0 Å². The summed E-state index contributed by atoms with van der Waals surface area (Å²) in [6, 6.07) is 9.78. The molecule has 0 spiro atoms. The summed E-state index contributed by atoms with van der Waals surface area (Å²) in [5.41, 5.74) is 2.02. The van der Waals surface area contributed by atoms with Crippen molar-refractivity contribution in [1.82, 2.24) is 0 Å². The predicted octanol–water partition coefficient (Wildman–Crippen LogP) is 2.05. The second kappa shape index (κ2) is 7.44. The Morgan fingerprint density at radius 1 is 1.38 bits per heavy atom. The second-order valence-electron chi connectivity index (χ2n) is 3.34. The fraction of sp³-hybridized carbons (Fsp3) is 0.214. The summed E-state index contributed by atoms with van der Waals surface area (Å²) in [6.07, 6.45) is 3.34. The molecule has 0 bridgehead atoms. The molecule has 1 rings (SSSR count). The van der Waals surface area contributed by atoms with Gasteiger partial charge in [0.25, 0.3) is 0 Å². The first kappa shape index (κ1) is 12.2. The predicted molar refractivity (Wildman–Crippen MR) is 67.5 cm³/mol. The van der Waals surface area contributed by atoms with Crippen molar-refractivity contribution in [1.29, 1.82) is 0 Å². The molecule has 1 aromatic carbocycles. The number of benzene rings is 1. The number of aliphatic hydroxyl groups is 1. The molecule has 0 aromatic heterocycles. The molecule has 0 unspecified atom stereocenters. The van der Waals surface area contributed by atoms with Crippen molar-refractivity contribution in [2.24, 2.45) is 4.99 Å². The van der Waals surface area contributed by atoms with Gasteiger partial charge < -0.3 is 5.11 Å². The van der Waals surface area contributed by atoms with Gasteiger partial charge in [-0.3, -0.25) is 4.99 Å². The van der Waals surface area contributed by atoms with E-state index < -0.39 is 0 Å². The van der Waals surface area contributed by atoms with Crippen molar-refractivity contribution in [3.63, 3.8) is 0 Å². The van der Waals surface area contributed by atoms with E-state index in [-0.39, 0.29) is 6.61 Å². The Hall–Kier alpha value is -1.85. The van der Waals surface area contributed by atoms with Gasteiger partial charge in [0.15, 0.2) is 0 Å². The second-order valence-corrected chi connectivity index (χ2v) is 3.34. The molecule has 0 aliphatic carbocycles. The summed E-state index contributed by atoms with van der Waals surface area (Å²) in [5.74, 6) is 5.85. The molecule has 0 aliphatic heterocycles. The smallest absolute Gasteiger partial charge is 0.0718 e. The number of nitrogens with zero attached hydrogens (tertiary/aromatic N) is 1. The lowest BCUT2D eigenvalue weighted by atomic mass is 10.2. The summed E-state index contributed by atoms with van der Waals surface area (Å²) in [5, 5.41) is 8.63. The van der Waals surface area contributed by atoms with Crippen molar-refractivity contribution < 1.29 is 5.11 Å². The van der Waals surface area contributed by atoms with Crippen LogP contribution in [0.3, 0.4) is 0 Å². The normalized spacial score (nSPS) is 11.2. The van der Waals surface area contributed by atoms with Crippen LogP contribution in [0.5, 0.6) is 0 Å². The minimum Gasteiger partial charge on any atom is -0.392 e. The summed E-state index contributed by atoms with van der Waals surface area (Å²) in [7, 11) is 0. The fourth-order valence-corrected chi connectivity index (χ4v) is 1.09. The molecule has 1 N–H and O–H groups in total. The third-order valence-electron chi connectivity index (χ3n) is 1.93. The molecule has 0 saturated carbocycles. The molecule has 82 valence electrons. The molecule has 0 saturated heterocycles. The van der Waals surface area contributed by atoms with Gasteiger partial charge in [-0.25, -0.2) is 0 Å². The van der Waals surface area contributed by atoms with Crippen molar-refractivity contribution in [2.75, 3.05) is 13.2 Å². The standard InChI is InChI=1S/C14H15NO/c1-13(9-11-16)12-15-10-5-8-14-6-3-2-4-7-14/h2-4,6-7,9-10,16H,11-12H2,1H3/b13-9+,15-10?. The summed E-state index contributed by atoms with van der Waals surface area (Å²) in [6.45, 7) is 2.58. The first-order chi connectivity index (χ1) is 7.83. The Morgan fingerprint density at radius 2 is 2.12 bits per heavy atom. The van der Waals surface area contributed by atoms with E-state index in [2.05, 4.69) is 16.8 Å². The quantitative estimate of drug-likeness (QED) is 0.465. The Labute approximate surface area is 96.4 Å². The van der Waals surface area contributed by atoms with Crippen LogP contribution in [-0.2, 0) is 0 Å². The highest BCUT2D eigenvalue weighted by molar-refractivity contribution is 5.79. The summed E-state index contributed by atoms with van der Waals surface area (Å²) < 4.78 is 0. The van der Waals surface area contributed by atoms with E-state index in [9.17, 15) is 0 Å². The molecule has 0 amide bonds. The van der Waals surface area contributed by atoms with E-state index in [1.165, 1.54) is 0 Å². The Morgan fingerprint density at radius 3 is 2.81 bits per heavy atom. The largest absolute Gasteiger partial charge is 0.392 e. The van der Waals surface area contributed by atoms with E-state index in [4.69, 9.17) is 5.11 Å². The maximum atomic E-state index is 8.63. The first-order valence-electron chi connectivity index (χ1n) is 5.14. The van der Waals surface area contributed by atoms with E-state index in [1.54, 1.807) is 12.3 Å². The van der Waals surface area contributed by atoms with Gasteiger partial charge in [0.2, 0.25) is 0 Å². The van der Waals surface area contributed by atoms with Crippen LogP contribution in [0.25, 0.3) is 0 Å². The van der Waals surface area contributed by atoms with Crippen LogP contribution in [0.4, 0.5) is 0 Å². The molecule has 2 heteroatoms. The lowest BCUT2D eigenvalue weighted by Crippen LogP contribution is -1.85. The average Bonchev–Trinajstić information content (AvgIpc) is 2.30. The highest BCUT2D eigenvalue weighted by Crippen LogP contribution is 1.94. The minimum absolute atomic E-state index is 0.0665. The van der Waals surface area contributed by atoms with Gasteiger partial charge in [0.1, 0.15) is 0 Å². The van der Waals surface area contributed by atoms with Crippen LogP contribution in [0.1, 0.15) is 12.5 Å². The Bertz CT molecular complexity index is 421. The highest BCUT2D eigenvalue weighted by atomic mass is 16.2. The van der Waals surface area contributed by atoms with Gasteiger partial charge in [0, 0.05) is 5.56 Å². The zero-order valence-corrected chi connectivity index (χ0v) is 9.35. The van der Waals surface area contributed by atoms with Gasteiger partial charge in [-0.2, -0.15) is 0 Å². The van der Waals surface area contributed by atoms with Gasteiger partial charge in [0.05, 0.1) is 19.4 Å². The molecular weight excluding hydrogens is 198 g/mol. The molecule has 16 heavy (non-hydrogen) atoms. The molecule has 0 aliphatic rings. The fourth-order valence-electron chi connectivity index (χ4n) is 1.09. The third kappa shape index (κ3) is 5.14. The highest BCUT2D eigenvalue weighted by Gasteiger charge is 1.83. The topological polar surface area (TPSA) is 32.6 Å². The lowest BCUT2D eigenvalue weighted by molar-refractivity contribution is 0.341. The van der Waals surface area contributed by atoms with Gasteiger partial charge in [-0.1, -0.05) is 35.8 Å². The van der Waals surface area contributed by atoms with Gasteiger partial charge in [-0.05, 0) is 25.0 Å². The molecule has 0 radical (unpaired) electrons. The third-order valence-corrected chi connectivity index (χ3v) is 1.93. The molecule has 1 aromatic rings. The van der Waals surface area contributed by atoms with E-state index >= 15 is 0 Å². The zero-order valence-electron chi connectivity index (χ0n) is 9.35. The summed E-state index contributed by atoms with van der Waals surface area (Å²) in [4.78, 5) is 4.13. The molecule has 0 atom stereocenters. The molecular formula is C14H15NO. The van der Waals surface area contributed by atoms with Crippen molar-refractivity contribution in [2.45, 2.75) is 6.92 Å². The monoisotopic (exact) mass is 213 g/mol. The van der Waals surface area contributed by atoms with Gasteiger partial charge in [-0.15, -0.1) is 0 Å². The minimum atomic E-state index is 0.0665.